The molecule has 2 aromatic carbocycles. The van der Waals surface area contributed by atoms with Gasteiger partial charge in [-0.1, -0.05) is 6.07 Å². The van der Waals surface area contributed by atoms with E-state index in [1.807, 2.05) is 5.32 Å². The van der Waals surface area contributed by atoms with Gasteiger partial charge in [-0.3, -0.25) is 9.59 Å². The summed E-state index contributed by atoms with van der Waals surface area (Å²) >= 11 is 0. The fourth-order valence-electron chi connectivity index (χ4n) is 2.61. The van der Waals surface area contributed by atoms with Crippen LogP contribution >= 0.6 is 0 Å². The molecule has 142 valence electrons. The van der Waals surface area contributed by atoms with Gasteiger partial charge in [0.1, 0.15) is 11.6 Å². The summed E-state index contributed by atoms with van der Waals surface area (Å²) in [5.74, 6) is -4.57. The van der Waals surface area contributed by atoms with Crippen molar-refractivity contribution in [2.24, 2.45) is 0 Å². The quantitative estimate of drug-likeness (QED) is 0.798. The van der Waals surface area contributed by atoms with Crippen LogP contribution in [0, 0.1) is 17.5 Å². The largest absolute Gasteiger partial charge is 0.467 e. The van der Waals surface area contributed by atoms with Crippen molar-refractivity contribution in [3.05, 3.63) is 58.9 Å². The minimum Gasteiger partial charge on any atom is -0.467 e. The number of carbonyl (C=O) groups is 2. The van der Waals surface area contributed by atoms with E-state index >= 15 is 0 Å². The average Bonchev–Trinajstić information content (AvgIpc) is 2.65. The normalized spacial score (nSPS) is 12.7. The predicted octanol–water partition coefficient (Wildman–Crippen LogP) is 2.27. The molecule has 0 radical (unpaired) electrons. The molecule has 1 aliphatic rings. The van der Waals surface area contributed by atoms with Crippen molar-refractivity contribution in [3.8, 4) is 5.75 Å². The molecule has 0 saturated heterocycles. The first kappa shape index (κ1) is 18.7. The van der Waals surface area contributed by atoms with E-state index < -0.39 is 35.0 Å². The molecule has 6 nitrogen and oxygen atoms in total. The Labute approximate surface area is 152 Å². The molecular formula is C18H15F3N2O4. The lowest BCUT2D eigenvalue weighted by atomic mass is 10.1. The number of hydrogen-bond acceptors (Lipinski definition) is 4. The van der Waals surface area contributed by atoms with Gasteiger partial charge in [0.2, 0.25) is 0 Å². The molecule has 0 atom stereocenters. The Morgan fingerprint density at radius 1 is 1.11 bits per heavy atom. The molecule has 1 heterocycles. The van der Waals surface area contributed by atoms with Gasteiger partial charge in [-0.25, -0.2) is 13.2 Å². The second-order valence-corrected chi connectivity index (χ2v) is 5.73. The Balaban J connectivity index is 1.57. The van der Waals surface area contributed by atoms with Gasteiger partial charge < -0.3 is 20.1 Å². The monoisotopic (exact) mass is 380 g/mol. The Kier molecular flexibility index (Phi) is 5.60. The summed E-state index contributed by atoms with van der Waals surface area (Å²) in [4.78, 5) is 23.6. The van der Waals surface area contributed by atoms with Crippen LogP contribution in [0.4, 0.5) is 18.9 Å². The molecule has 2 aromatic rings. The Hall–Kier alpha value is -3.07. The molecule has 0 saturated carbocycles. The van der Waals surface area contributed by atoms with Gasteiger partial charge in [-0.05, 0) is 36.2 Å². The van der Waals surface area contributed by atoms with Crippen molar-refractivity contribution in [3.63, 3.8) is 0 Å². The first-order valence-electron chi connectivity index (χ1n) is 8.00. The summed E-state index contributed by atoms with van der Waals surface area (Å²) in [6.45, 7) is 0.269. The minimum atomic E-state index is -1.26. The number of ether oxygens (including phenoxy) is 2. The van der Waals surface area contributed by atoms with E-state index in [1.165, 1.54) is 18.2 Å². The molecule has 3 rings (SSSR count). The Morgan fingerprint density at radius 2 is 1.93 bits per heavy atom. The van der Waals surface area contributed by atoms with Crippen LogP contribution in [0.15, 0.2) is 30.3 Å². The molecule has 2 amide bonds. The zero-order chi connectivity index (χ0) is 19.4. The maximum absolute atomic E-state index is 13.7. The van der Waals surface area contributed by atoms with Gasteiger partial charge in [0.25, 0.3) is 0 Å². The van der Waals surface area contributed by atoms with E-state index in [-0.39, 0.29) is 26.4 Å². The maximum Gasteiger partial charge on any atom is 0.313 e. The Morgan fingerprint density at radius 3 is 2.74 bits per heavy atom. The van der Waals surface area contributed by atoms with E-state index in [1.54, 1.807) is 0 Å². The van der Waals surface area contributed by atoms with E-state index in [2.05, 4.69) is 5.32 Å². The van der Waals surface area contributed by atoms with Crippen LogP contribution in [0.5, 0.6) is 5.75 Å². The van der Waals surface area contributed by atoms with Gasteiger partial charge in [-0.2, -0.15) is 0 Å². The van der Waals surface area contributed by atoms with Crippen molar-refractivity contribution in [1.29, 1.82) is 0 Å². The van der Waals surface area contributed by atoms with Gasteiger partial charge in [0.05, 0.1) is 12.3 Å². The molecule has 1 aliphatic heterocycles. The van der Waals surface area contributed by atoms with Gasteiger partial charge in [0, 0.05) is 12.1 Å². The standard InChI is InChI=1S/C18H15F3N2O4/c19-12-6-10(16-11(7-12)8-26-9-27-16)4-5-22-17(24)18(25)23-14-3-1-2-13(20)15(14)21/h1-3,6-7H,4-5,8-9H2,(H,22,24)(H,23,25). The van der Waals surface area contributed by atoms with Crippen molar-refractivity contribution >= 4 is 17.5 Å². The number of rotatable bonds is 4. The molecule has 0 unspecified atom stereocenters. The third kappa shape index (κ3) is 4.37. The van der Waals surface area contributed by atoms with Crippen LogP contribution in [-0.4, -0.2) is 25.2 Å². The summed E-state index contributed by atoms with van der Waals surface area (Å²) in [6.07, 6.45) is 0.202. The molecule has 0 aromatic heterocycles. The second-order valence-electron chi connectivity index (χ2n) is 5.73. The smallest absolute Gasteiger partial charge is 0.313 e. The van der Waals surface area contributed by atoms with Crippen LogP contribution in [0.25, 0.3) is 0 Å². The lowest BCUT2D eigenvalue weighted by Gasteiger charge is -2.20. The van der Waals surface area contributed by atoms with Crippen LogP contribution in [0.3, 0.4) is 0 Å². The minimum absolute atomic E-state index is 0.0119. The van der Waals surface area contributed by atoms with Crippen molar-refractivity contribution < 1.29 is 32.2 Å². The third-order valence-corrected chi connectivity index (χ3v) is 3.84. The van der Waals surface area contributed by atoms with Crippen LogP contribution in [-0.2, 0) is 27.4 Å². The molecule has 0 fully saturated rings. The lowest BCUT2D eigenvalue weighted by Crippen LogP contribution is -2.36. The van der Waals surface area contributed by atoms with Gasteiger partial charge >= 0.3 is 11.8 Å². The first-order chi connectivity index (χ1) is 13.0. The lowest BCUT2D eigenvalue weighted by molar-refractivity contribution is -0.136. The SMILES string of the molecule is O=C(NCCc1cc(F)cc2c1OCOC2)C(=O)Nc1cccc(F)c1F. The van der Waals surface area contributed by atoms with E-state index in [9.17, 15) is 22.8 Å². The number of hydrogen-bond donors (Lipinski definition) is 2. The number of anilines is 1. The zero-order valence-electron chi connectivity index (χ0n) is 14.0. The van der Waals surface area contributed by atoms with Crippen LogP contribution in [0.1, 0.15) is 11.1 Å². The molecule has 0 aliphatic carbocycles. The highest BCUT2D eigenvalue weighted by Crippen LogP contribution is 2.29. The van der Waals surface area contributed by atoms with Crippen LogP contribution in [0.2, 0.25) is 0 Å². The Bertz CT molecular complexity index is 889. The van der Waals surface area contributed by atoms with Crippen molar-refractivity contribution in [2.45, 2.75) is 13.0 Å². The summed E-state index contributed by atoms with van der Waals surface area (Å²) in [7, 11) is 0. The average molecular weight is 380 g/mol. The predicted molar refractivity (Wildman–Crippen MR) is 88.4 cm³/mol. The number of halogens is 3. The second kappa shape index (κ2) is 8.09. The number of benzene rings is 2. The van der Waals surface area contributed by atoms with Gasteiger partial charge in [0.15, 0.2) is 18.4 Å². The van der Waals surface area contributed by atoms with E-state index in [4.69, 9.17) is 9.47 Å². The summed E-state index contributed by atoms with van der Waals surface area (Å²) < 4.78 is 50.7. The van der Waals surface area contributed by atoms with Crippen molar-refractivity contribution in [2.75, 3.05) is 18.7 Å². The summed E-state index contributed by atoms with van der Waals surface area (Å²) in [5.41, 5.74) is 0.634. The third-order valence-electron chi connectivity index (χ3n) is 3.84. The number of nitrogens with one attached hydrogen (secondary N) is 2. The number of amides is 2. The molecule has 9 heteroatoms. The first-order valence-corrected chi connectivity index (χ1v) is 8.00. The topological polar surface area (TPSA) is 76.7 Å². The summed E-state index contributed by atoms with van der Waals surface area (Å²) in [6, 6.07) is 5.79. The highest BCUT2D eigenvalue weighted by molar-refractivity contribution is 6.39. The molecular weight excluding hydrogens is 365 g/mol. The molecule has 0 spiro atoms. The fourth-order valence-corrected chi connectivity index (χ4v) is 2.61. The van der Waals surface area contributed by atoms with Crippen LogP contribution < -0.4 is 15.4 Å². The maximum atomic E-state index is 13.7. The van der Waals surface area contributed by atoms with Gasteiger partial charge in [-0.15, -0.1) is 0 Å². The molecule has 27 heavy (non-hydrogen) atoms. The van der Waals surface area contributed by atoms with E-state index in [0.29, 0.717) is 16.9 Å². The number of carbonyl (C=O) groups excluding carboxylic acids is 2. The van der Waals surface area contributed by atoms with Crippen molar-refractivity contribution in [1.82, 2.24) is 5.32 Å². The number of fused-ring (bicyclic) bond motifs is 1. The molecule has 2 N–H and O–H groups in total. The highest BCUT2D eigenvalue weighted by Gasteiger charge is 2.19. The molecule has 0 bridgehead atoms. The highest BCUT2D eigenvalue weighted by atomic mass is 19.2. The van der Waals surface area contributed by atoms with E-state index in [0.717, 1.165) is 12.1 Å². The fraction of sp³-hybridized carbons (Fsp3) is 0.222. The summed E-state index contributed by atoms with van der Waals surface area (Å²) in [5, 5.41) is 4.33. The zero-order valence-corrected chi connectivity index (χ0v) is 14.0.